The summed E-state index contributed by atoms with van der Waals surface area (Å²) in [5.74, 6) is 2.78. The minimum absolute atomic E-state index is 0.316. The summed E-state index contributed by atoms with van der Waals surface area (Å²) >= 11 is 6.20. The molecule has 116 valence electrons. The van der Waals surface area contributed by atoms with Crippen molar-refractivity contribution in [2.45, 2.75) is 13.8 Å². The number of nitrogens with zero attached hydrogens (tertiary/aromatic N) is 6. The van der Waals surface area contributed by atoms with Gasteiger partial charge in [-0.1, -0.05) is 11.6 Å². The summed E-state index contributed by atoms with van der Waals surface area (Å²) in [6.45, 7) is 7.19. The third kappa shape index (κ3) is 2.89. The number of hydrogen-bond donors (Lipinski definition) is 1. The van der Waals surface area contributed by atoms with Crippen molar-refractivity contribution in [2.75, 3.05) is 41.7 Å². The van der Waals surface area contributed by atoms with Crippen molar-refractivity contribution in [1.82, 2.24) is 19.9 Å². The maximum absolute atomic E-state index is 6.20. The highest BCUT2D eigenvalue weighted by Crippen LogP contribution is 2.28. The molecule has 0 atom stereocenters. The number of piperazine rings is 1. The minimum Gasteiger partial charge on any atom is -0.382 e. The van der Waals surface area contributed by atoms with E-state index in [1.165, 1.54) is 6.33 Å². The number of rotatable bonds is 2. The largest absolute Gasteiger partial charge is 0.382 e. The molecule has 0 amide bonds. The lowest BCUT2D eigenvalue weighted by Crippen LogP contribution is -2.47. The summed E-state index contributed by atoms with van der Waals surface area (Å²) in [6, 6.07) is 2.01. The molecule has 2 aromatic rings. The third-order valence-electron chi connectivity index (χ3n) is 3.65. The Bertz CT molecular complexity index is 663. The fourth-order valence-corrected chi connectivity index (χ4v) is 2.82. The van der Waals surface area contributed by atoms with Crippen LogP contribution in [0.2, 0.25) is 5.02 Å². The van der Waals surface area contributed by atoms with Crippen molar-refractivity contribution >= 4 is 29.1 Å². The van der Waals surface area contributed by atoms with Gasteiger partial charge in [0.1, 0.15) is 28.8 Å². The van der Waals surface area contributed by atoms with Crippen LogP contribution in [0.4, 0.5) is 17.5 Å². The lowest BCUT2D eigenvalue weighted by atomic mass is 10.3. The molecule has 1 fully saturated rings. The molecule has 0 aliphatic carbocycles. The average molecular weight is 320 g/mol. The second kappa shape index (κ2) is 5.92. The summed E-state index contributed by atoms with van der Waals surface area (Å²) in [6.07, 6.45) is 1.44. The molecule has 7 nitrogen and oxygen atoms in total. The van der Waals surface area contributed by atoms with Crippen LogP contribution >= 0.6 is 11.6 Å². The highest BCUT2D eigenvalue weighted by molar-refractivity contribution is 6.35. The zero-order valence-electron chi connectivity index (χ0n) is 12.6. The standard InChI is InChI=1S/C14H18ClN7/c1-9-7-11(20-10(2)19-9)21-3-5-22(6-4-21)14-12(15)13(16)17-8-18-14/h7-8H,3-6H2,1-2H3,(H2,16,17,18). The maximum atomic E-state index is 6.20. The fourth-order valence-electron chi connectivity index (χ4n) is 2.60. The SMILES string of the molecule is Cc1cc(N2CCN(c3ncnc(N)c3Cl)CC2)nc(C)n1. The van der Waals surface area contributed by atoms with Gasteiger partial charge in [-0.15, -0.1) is 0 Å². The van der Waals surface area contributed by atoms with E-state index in [9.17, 15) is 0 Å². The Morgan fingerprint density at radius 1 is 1.05 bits per heavy atom. The van der Waals surface area contributed by atoms with Gasteiger partial charge < -0.3 is 15.5 Å². The average Bonchev–Trinajstić information content (AvgIpc) is 2.49. The van der Waals surface area contributed by atoms with Crippen LogP contribution in [0.3, 0.4) is 0 Å². The van der Waals surface area contributed by atoms with Gasteiger partial charge in [0.2, 0.25) is 0 Å². The molecule has 1 aliphatic rings. The Morgan fingerprint density at radius 3 is 2.41 bits per heavy atom. The first-order chi connectivity index (χ1) is 10.5. The normalized spacial score (nSPS) is 15.2. The van der Waals surface area contributed by atoms with Crippen molar-refractivity contribution in [3.05, 3.63) is 28.9 Å². The number of hydrogen-bond acceptors (Lipinski definition) is 7. The number of halogens is 1. The minimum atomic E-state index is 0.316. The molecule has 1 saturated heterocycles. The Labute approximate surface area is 134 Å². The Kier molecular flexibility index (Phi) is 3.98. The summed E-state index contributed by atoms with van der Waals surface area (Å²) in [5.41, 5.74) is 6.72. The Morgan fingerprint density at radius 2 is 1.73 bits per heavy atom. The van der Waals surface area contributed by atoms with Crippen LogP contribution in [0.25, 0.3) is 0 Å². The molecule has 1 aliphatic heterocycles. The van der Waals surface area contributed by atoms with Crippen LogP contribution in [-0.4, -0.2) is 46.1 Å². The first-order valence-corrected chi connectivity index (χ1v) is 7.50. The van der Waals surface area contributed by atoms with Gasteiger partial charge in [0.25, 0.3) is 0 Å². The van der Waals surface area contributed by atoms with Crippen molar-refractivity contribution in [1.29, 1.82) is 0 Å². The van der Waals surface area contributed by atoms with Crippen LogP contribution in [0.1, 0.15) is 11.5 Å². The first-order valence-electron chi connectivity index (χ1n) is 7.13. The number of nitrogens with two attached hydrogens (primary N) is 1. The van der Waals surface area contributed by atoms with Gasteiger partial charge in [-0.05, 0) is 13.8 Å². The number of nitrogen functional groups attached to an aromatic ring is 1. The van der Waals surface area contributed by atoms with Gasteiger partial charge >= 0.3 is 0 Å². The van der Waals surface area contributed by atoms with Gasteiger partial charge in [-0.3, -0.25) is 0 Å². The first kappa shape index (κ1) is 14.8. The lowest BCUT2D eigenvalue weighted by molar-refractivity contribution is 0.639. The Hall–Kier alpha value is -2.15. The van der Waals surface area contributed by atoms with E-state index in [1.54, 1.807) is 0 Å². The van der Waals surface area contributed by atoms with E-state index in [0.29, 0.717) is 16.7 Å². The lowest BCUT2D eigenvalue weighted by Gasteiger charge is -2.36. The predicted molar refractivity (Wildman–Crippen MR) is 87.4 cm³/mol. The number of anilines is 3. The number of aromatic nitrogens is 4. The van der Waals surface area contributed by atoms with E-state index in [-0.39, 0.29) is 0 Å². The molecule has 0 saturated carbocycles. The summed E-state index contributed by atoms with van der Waals surface area (Å²) < 4.78 is 0. The zero-order valence-corrected chi connectivity index (χ0v) is 13.4. The molecule has 2 aromatic heterocycles. The van der Waals surface area contributed by atoms with Crippen molar-refractivity contribution < 1.29 is 0 Å². The zero-order chi connectivity index (χ0) is 15.7. The van der Waals surface area contributed by atoms with E-state index in [4.69, 9.17) is 17.3 Å². The smallest absolute Gasteiger partial charge is 0.153 e. The molecule has 3 heterocycles. The van der Waals surface area contributed by atoms with Crippen molar-refractivity contribution in [3.63, 3.8) is 0 Å². The molecule has 0 bridgehead atoms. The monoisotopic (exact) mass is 319 g/mol. The second-order valence-electron chi connectivity index (χ2n) is 5.29. The van der Waals surface area contributed by atoms with Gasteiger partial charge in [0.15, 0.2) is 5.82 Å². The molecule has 0 unspecified atom stereocenters. The highest BCUT2D eigenvalue weighted by Gasteiger charge is 2.22. The molecule has 3 rings (SSSR count). The van der Waals surface area contributed by atoms with Gasteiger partial charge in [0.05, 0.1) is 0 Å². The van der Waals surface area contributed by atoms with E-state index in [0.717, 1.165) is 43.5 Å². The second-order valence-corrected chi connectivity index (χ2v) is 5.66. The highest BCUT2D eigenvalue weighted by atomic mass is 35.5. The molecular weight excluding hydrogens is 302 g/mol. The summed E-state index contributed by atoms with van der Waals surface area (Å²) in [5, 5.41) is 0.421. The van der Waals surface area contributed by atoms with Crippen LogP contribution in [0, 0.1) is 13.8 Å². The van der Waals surface area contributed by atoms with E-state index >= 15 is 0 Å². The van der Waals surface area contributed by atoms with E-state index in [2.05, 4.69) is 29.7 Å². The van der Waals surface area contributed by atoms with E-state index in [1.807, 2.05) is 19.9 Å². The van der Waals surface area contributed by atoms with Crippen molar-refractivity contribution in [2.24, 2.45) is 0 Å². The predicted octanol–water partition coefficient (Wildman–Crippen LogP) is 1.45. The molecule has 22 heavy (non-hydrogen) atoms. The Balaban J connectivity index is 1.73. The van der Waals surface area contributed by atoms with Gasteiger partial charge in [-0.2, -0.15) is 0 Å². The van der Waals surface area contributed by atoms with Crippen LogP contribution in [0.5, 0.6) is 0 Å². The van der Waals surface area contributed by atoms with Gasteiger partial charge in [0, 0.05) is 37.9 Å². The maximum Gasteiger partial charge on any atom is 0.153 e. The molecule has 0 aromatic carbocycles. The van der Waals surface area contributed by atoms with E-state index < -0.39 is 0 Å². The summed E-state index contributed by atoms with van der Waals surface area (Å²) in [7, 11) is 0. The van der Waals surface area contributed by atoms with Crippen LogP contribution < -0.4 is 15.5 Å². The van der Waals surface area contributed by atoms with Gasteiger partial charge in [-0.25, -0.2) is 19.9 Å². The van der Waals surface area contributed by atoms with Crippen LogP contribution in [0.15, 0.2) is 12.4 Å². The fraction of sp³-hybridized carbons (Fsp3) is 0.429. The van der Waals surface area contributed by atoms with Crippen LogP contribution in [-0.2, 0) is 0 Å². The third-order valence-corrected chi connectivity index (χ3v) is 4.02. The molecule has 2 N–H and O–H groups in total. The quantitative estimate of drug-likeness (QED) is 0.896. The van der Waals surface area contributed by atoms with Crippen molar-refractivity contribution in [3.8, 4) is 0 Å². The molecule has 8 heteroatoms. The number of aryl methyl sites for hydroxylation is 2. The molecular formula is C14H18ClN7. The summed E-state index contributed by atoms with van der Waals surface area (Å²) in [4.78, 5) is 21.3. The molecule has 0 spiro atoms. The molecule has 0 radical (unpaired) electrons. The topological polar surface area (TPSA) is 84.1 Å².